The zero-order valence-corrected chi connectivity index (χ0v) is 13.5. The summed E-state index contributed by atoms with van der Waals surface area (Å²) in [7, 11) is 1.60. The Kier molecular flexibility index (Phi) is 6.49. The second-order valence-corrected chi connectivity index (χ2v) is 5.45. The molecule has 0 aliphatic rings. The number of nitrogens with two attached hydrogens (primary N) is 1. The lowest BCUT2D eigenvalue weighted by molar-refractivity contribution is -0.127. The Morgan fingerprint density at radius 3 is 2.57 bits per heavy atom. The van der Waals surface area contributed by atoms with Crippen LogP contribution in [0.1, 0.15) is 37.8 Å². The molecule has 0 saturated carbocycles. The summed E-state index contributed by atoms with van der Waals surface area (Å²) in [6.07, 6.45) is -0.567. The summed E-state index contributed by atoms with van der Waals surface area (Å²) >= 11 is 0. The Morgan fingerprint density at radius 1 is 1.33 bits per heavy atom. The molecule has 0 aliphatic heterocycles. The molecule has 0 aliphatic carbocycles. The molecule has 0 saturated heterocycles. The molecule has 1 atom stereocenters. The first kappa shape index (κ1) is 17.3. The van der Waals surface area contributed by atoms with Gasteiger partial charge in [0.1, 0.15) is 5.75 Å². The zero-order valence-electron chi connectivity index (χ0n) is 13.5. The molecule has 1 unspecified atom stereocenters. The lowest BCUT2D eigenvalue weighted by atomic mass is 9.99. The third-order valence-electron chi connectivity index (χ3n) is 3.30. The lowest BCUT2D eigenvalue weighted by Crippen LogP contribution is -2.38. The van der Waals surface area contributed by atoms with Crippen LogP contribution in [0.25, 0.3) is 0 Å². The maximum atomic E-state index is 11.9. The van der Waals surface area contributed by atoms with Crippen molar-refractivity contribution in [3.05, 3.63) is 23.3 Å². The molecule has 1 aromatic carbocycles. The van der Waals surface area contributed by atoms with Gasteiger partial charge in [-0.2, -0.15) is 0 Å². The maximum Gasteiger partial charge on any atom is 0.260 e. The third-order valence-corrected chi connectivity index (χ3v) is 3.30. The summed E-state index contributed by atoms with van der Waals surface area (Å²) < 4.78 is 10.7. The molecule has 0 spiro atoms. The van der Waals surface area contributed by atoms with Crippen LogP contribution in [0.5, 0.6) is 5.75 Å². The second-order valence-electron chi connectivity index (χ2n) is 5.45. The van der Waals surface area contributed by atoms with Crippen molar-refractivity contribution in [3.8, 4) is 5.75 Å². The van der Waals surface area contributed by atoms with Crippen LogP contribution in [0.15, 0.2) is 12.1 Å². The minimum absolute atomic E-state index is 0.156. The van der Waals surface area contributed by atoms with E-state index in [1.165, 1.54) is 0 Å². The van der Waals surface area contributed by atoms with Gasteiger partial charge in [-0.15, -0.1) is 0 Å². The Morgan fingerprint density at radius 2 is 2.00 bits per heavy atom. The smallest absolute Gasteiger partial charge is 0.260 e. The molecule has 1 amide bonds. The largest absolute Gasteiger partial charge is 0.481 e. The van der Waals surface area contributed by atoms with Crippen molar-refractivity contribution < 1.29 is 14.3 Å². The van der Waals surface area contributed by atoms with Gasteiger partial charge in [0.25, 0.3) is 5.91 Å². The van der Waals surface area contributed by atoms with Gasteiger partial charge in [-0.1, -0.05) is 13.8 Å². The molecule has 5 nitrogen and oxygen atoms in total. The number of ether oxygens (including phenoxy) is 2. The number of benzene rings is 1. The van der Waals surface area contributed by atoms with E-state index in [0.717, 1.165) is 16.8 Å². The first-order chi connectivity index (χ1) is 9.86. The van der Waals surface area contributed by atoms with Gasteiger partial charge in [-0.05, 0) is 43.0 Å². The number of carbonyl (C=O) groups excluding carboxylic acids is 1. The second kappa shape index (κ2) is 7.88. The molecule has 0 aromatic heterocycles. The van der Waals surface area contributed by atoms with Crippen molar-refractivity contribution in [1.82, 2.24) is 5.32 Å². The fourth-order valence-electron chi connectivity index (χ4n) is 1.93. The van der Waals surface area contributed by atoms with E-state index < -0.39 is 6.10 Å². The molecule has 21 heavy (non-hydrogen) atoms. The van der Waals surface area contributed by atoms with E-state index in [0.29, 0.717) is 18.9 Å². The molecule has 1 aromatic rings. The lowest BCUT2D eigenvalue weighted by Gasteiger charge is -2.20. The SMILES string of the molecule is COCCNC(=O)C(C)Oc1cc(C)c(N)cc1C(C)C. The number of nitrogen functional groups attached to an aromatic ring is 1. The van der Waals surface area contributed by atoms with Crippen LogP contribution in [0.2, 0.25) is 0 Å². The highest BCUT2D eigenvalue weighted by Gasteiger charge is 2.18. The number of nitrogens with one attached hydrogen (secondary N) is 1. The number of carbonyl (C=O) groups is 1. The predicted molar refractivity (Wildman–Crippen MR) is 84.7 cm³/mol. The maximum absolute atomic E-state index is 11.9. The Bertz CT molecular complexity index is 487. The van der Waals surface area contributed by atoms with E-state index in [-0.39, 0.29) is 11.8 Å². The van der Waals surface area contributed by atoms with Crippen LogP contribution in [0, 0.1) is 6.92 Å². The summed E-state index contributed by atoms with van der Waals surface area (Å²) in [4.78, 5) is 11.9. The Balaban J connectivity index is 2.81. The molecule has 0 heterocycles. The van der Waals surface area contributed by atoms with E-state index in [4.69, 9.17) is 15.2 Å². The fraction of sp³-hybridized carbons (Fsp3) is 0.562. The van der Waals surface area contributed by atoms with Crippen molar-refractivity contribution in [1.29, 1.82) is 0 Å². The van der Waals surface area contributed by atoms with Crippen molar-refractivity contribution in [3.63, 3.8) is 0 Å². The first-order valence-electron chi connectivity index (χ1n) is 7.20. The summed E-state index contributed by atoms with van der Waals surface area (Å²) in [6.45, 7) is 8.76. The molecule has 118 valence electrons. The normalized spacial score (nSPS) is 12.3. The van der Waals surface area contributed by atoms with E-state index >= 15 is 0 Å². The number of aryl methyl sites for hydroxylation is 1. The monoisotopic (exact) mass is 294 g/mol. The average molecular weight is 294 g/mol. The number of hydrogen-bond donors (Lipinski definition) is 2. The van der Waals surface area contributed by atoms with Crippen LogP contribution >= 0.6 is 0 Å². The number of rotatable bonds is 7. The zero-order chi connectivity index (χ0) is 16.0. The third kappa shape index (κ3) is 4.93. The standard InChI is InChI=1S/C16H26N2O3/c1-10(2)13-9-14(17)11(3)8-15(13)21-12(4)16(19)18-6-7-20-5/h8-10,12H,6-7,17H2,1-5H3,(H,18,19). The minimum atomic E-state index is -0.567. The number of methoxy groups -OCH3 is 1. The van der Waals surface area contributed by atoms with E-state index in [2.05, 4.69) is 19.2 Å². The first-order valence-corrected chi connectivity index (χ1v) is 7.20. The summed E-state index contributed by atoms with van der Waals surface area (Å²) in [5.41, 5.74) is 8.64. The van der Waals surface area contributed by atoms with Crippen molar-refractivity contribution in [2.75, 3.05) is 26.0 Å². The number of anilines is 1. The number of amides is 1. The Labute approximate surface area is 126 Å². The van der Waals surface area contributed by atoms with Gasteiger partial charge in [0.2, 0.25) is 0 Å². The van der Waals surface area contributed by atoms with Crippen LogP contribution in [0.3, 0.4) is 0 Å². The topological polar surface area (TPSA) is 73.6 Å². The average Bonchev–Trinajstić information content (AvgIpc) is 2.42. The van der Waals surface area contributed by atoms with Crippen LogP contribution in [-0.2, 0) is 9.53 Å². The number of hydrogen-bond acceptors (Lipinski definition) is 4. The fourth-order valence-corrected chi connectivity index (χ4v) is 1.93. The van der Waals surface area contributed by atoms with E-state index in [9.17, 15) is 4.79 Å². The Hall–Kier alpha value is -1.75. The molecular formula is C16H26N2O3. The highest BCUT2D eigenvalue weighted by molar-refractivity contribution is 5.80. The van der Waals surface area contributed by atoms with Gasteiger partial charge < -0.3 is 20.5 Å². The van der Waals surface area contributed by atoms with E-state index in [1.807, 2.05) is 19.1 Å². The molecular weight excluding hydrogens is 268 g/mol. The van der Waals surface area contributed by atoms with Crippen molar-refractivity contribution in [2.24, 2.45) is 0 Å². The summed E-state index contributed by atoms with van der Waals surface area (Å²) in [6, 6.07) is 3.81. The molecule has 5 heteroatoms. The predicted octanol–water partition coefficient (Wildman–Crippen LogP) is 2.23. The molecule has 1 rings (SSSR count). The van der Waals surface area contributed by atoms with Gasteiger partial charge in [0.05, 0.1) is 6.61 Å². The highest BCUT2D eigenvalue weighted by Crippen LogP contribution is 2.31. The van der Waals surface area contributed by atoms with Gasteiger partial charge in [0.15, 0.2) is 6.10 Å². The van der Waals surface area contributed by atoms with Gasteiger partial charge in [-0.25, -0.2) is 0 Å². The van der Waals surface area contributed by atoms with Crippen LogP contribution in [0.4, 0.5) is 5.69 Å². The van der Waals surface area contributed by atoms with Crippen molar-refractivity contribution >= 4 is 11.6 Å². The molecule has 0 bridgehead atoms. The summed E-state index contributed by atoms with van der Waals surface area (Å²) in [5, 5.41) is 2.76. The van der Waals surface area contributed by atoms with E-state index in [1.54, 1.807) is 14.0 Å². The van der Waals surface area contributed by atoms with Gasteiger partial charge in [0, 0.05) is 19.3 Å². The quantitative estimate of drug-likeness (QED) is 0.597. The van der Waals surface area contributed by atoms with Crippen LogP contribution < -0.4 is 15.8 Å². The minimum Gasteiger partial charge on any atom is -0.481 e. The molecule has 3 N–H and O–H groups in total. The van der Waals surface area contributed by atoms with Gasteiger partial charge in [-0.3, -0.25) is 4.79 Å². The van der Waals surface area contributed by atoms with Crippen LogP contribution in [-0.4, -0.2) is 32.3 Å². The highest BCUT2D eigenvalue weighted by atomic mass is 16.5. The molecule has 0 radical (unpaired) electrons. The summed E-state index contributed by atoms with van der Waals surface area (Å²) in [5.74, 6) is 0.828. The molecule has 0 fully saturated rings. The van der Waals surface area contributed by atoms with Gasteiger partial charge >= 0.3 is 0 Å². The van der Waals surface area contributed by atoms with Crippen molar-refractivity contribution in [2.45, 2.75) is 39.7 Å².